The molecular formula is C13H23NO2. The third-order valence-corrected chi connectivity index (χ3v) is 3.65. The molecule has 0 aromatic rings. The molecule has 2 rings (SSSR count). The highest BCUT2D eigenvalue weighted by atomic mass is 16.5. The van der Waals surface area contributed by atoms with Crippen molar-refractivity contribution in [2.24, 2.45) is 5.92 Å². The van der Waals surface area contributed by atoms with Gasteiger partial charge in [0.15, 0.2) is 0 Å². The van der Waals surface area contributed by atoms with Crippen molar-refractivity contribution in [3.8, 4) is 0 Å². The van der Waals surface area contributed by atoms with Gasteiger partial charge in [-0.15, -0.1) is 0 Å². The van der Waals surface area contributed by atoms with Gasteiger partial charge >= 0.3 is 0 Å². The Kier molecular flexibility index (Phi) is 4.24. The van der Waals surface area contributed by atoms with Crippen molar-refractivity contribution in [3.05, 3.63) is 11.8 Å². The first-order valence-electron chi connectivity index (χ1n) is 6.48. The summed E-state index contributed by atoms with van der Waals surface area (Å²) in [5.74, 6) is 0.605. The molecule has 2 aliphatic rings. The van der Waals surface area contributed by atoms with Crippen molar-refractivity contribution in [3.63, 3.8) is 0 Å². The molecule has 0 bridgehead atoms. The first kappa shape index (κ1) is 11.9. The third kappa shape index (κ3) is 2.58. The van der Waals surface area contributed by atoms with E-state index in [0.29, 0.717) is 18.1 Å². The minimum Gasteiger partial charge on any atom is -0.501 e. The summed E-state index contributed by atoms with van der Waals surface area (Å²) in [6.45, 7) is 7.14. The lowest BCUT2D eigenvalue weighted by Crippen LogP contribution is -2.41. The van der Waals surface area contributed by atoms with Crippen LogP contribution in [0, 0.1) is 5.92 Å². The van der Waals surface area contributed by atoms with Crippen molar-refractivity contribution in [2.75, 3.05) is 19.8 Å². The Bertz CT molecular complexity index is 252. The van der Waals surface area contributed by atoms with E-state index in [9.17, 15) is 0 Å². The van der Waals surface area contributed by atoms with E-state index in [1.165, 1.54) is 12.0 Å². The van der Waals surface area contributed by atoms with Crippen LogP contribution in [-0.4, -0.2) is 31.9 Å². The molecule has 0 spiro atoms. The summed E-state index contributed by atoms with van der Waals surface area (Å²) in [6.07, 6.45) is 5.82. The Morgan fingerprint density at radius 3 is 2.94 bits per heavy atom. The highest BCUT2D eigenvalue weighted by Gasteiger charge is 2.33. The zero-order valence-corrected chi connectivity index (χ0v) is 10.4. The van der Waals surface area contributed by atoms with Crippen LogP contribution in [0.25, 0.3) is 0 Å². The van der Waals surface area contributed by atoms with Crippen molar-refractivity contribution in [1.29, 1.82) is 0 Å². The number of hydrogen-bond donors (Lipinski definition) is 1. The lowest BCUT2D eigenvalue weighted by Gasteiger charge is -2.30. The molecular weight excluding hydrogens is 202 g/mol. The molecule has 2 heterocycles. The molecule has 92 valence electrons. The minimum absolute atomic E-state index is 0.367. The van der Waals surface area contributed by atoms with Gasteiger partial charge in [0.2, 0.25) is 0 Å². The normalized spacial score (nSPS) is 32.0. The van der Waals surface area contributed by atoms with Gasteiger partial charge in [-0.25, -0.2) is 0 Å². The van der Waals surface area contributed by atoms with Crippen LogP contribution >= 0.6 is 0 Å². The van der Waals surface area contributed by atoms with Gasteiger partial charge in [-0.1, -0.05) is 6.92 Å². The van der Waals surface area contributed by atoms with Crippen molar-refractivity contribution < 1.29 is 9.47 Å². The van der Waals surface area contributed by atoms with Crippen molar-refractivity contribution in [1.82, 2.24) is 5.32 Å². The van der Waals surface area contributed by atoms with E-state index < -0.39 is 0 Å². The van der Waals surface area contributed by atoms with Crippen molar-refractivity contribution in [2.45, 2.75) is 45.3 Å². The molecule has 0 saturated carbocycles. The molecule has 0 aromatic heterocycles. The van der Waals surface area contributed by atoms with Crippen LogP contribution < -0.4 is 5.32 Å². The van der Waals surface area contributed by atoms with Gasteiger partial charge in [-0.3, -0.25) is 0 Å². The smallest absolute Gasteiger partial charge is 0.0876 e. The quantitative estimate of drug-likeness (QED) is 0.794. The van der Waals surface area contributed by atoms with Crippen molar-refractivity contribution >= 4 is 0 Å². The SMILES string of the molecule is CCNC(C1=COCCC1)C1CCOC1C. The molecule has 1 N–H and O–H groups in total. The summed E-state index contributed by atoms with van der Waals surface area (Å²) in [7, 11) is 0. The Morgan fingerprint density at radius 1 is 1.50 bits per heavy atom. The number of likely N-dealkylation sites (N-methyl/N-ethyl adjacent to an activating group) is 1. The highest BCUT2D eigenvalue weighted by Crippen LogP contribution is 2.30. The summed E-state index contributed by atoms with van der Waals surface area (Å²) in [5.41, 5.74) is 1.43. The van der Waals surface area contributed by atoms with E-state index in [2.05, 4.69) is 19.2 Å². The zero-order chi connectivity index (χ0) is 11.4. The summed E-state index contributed by atoms with van der Waals surface area (Å²) in [6, 6.07) is 0.447. The lowest BCUT2D eigenvalue weighted by atomic mass is 9.86. The number of ether oxygens (including phenoxy) is 2. The van der Waals surface area contributed by atoms with Gasteiger partial charge < -0.3 is 14.8 Å². The van der Waals surface area contributed by atoms with E-state index >= 15 is 0 Å². The lowest BCUT2D eigenvalue weighted by molar-refractivity contribution is 0.0973. The topological polar surface area (TPSA) is 30.5 Å². The van der Waals surface area contributed by atoms with Gasteiger partial charge in [0.25, 0.3) is 0 Å². The predicted octanol–water partition coefficient (Wildman–Crippen LogP) is 2.08. The zero-order valence-electron chi connectivity index (χ0n) is 10.4. The second-order valence-electron chi connectivity index (χ2n) is 4.73. The first-order valence-corrected chi connectivity index (χ1v) is 6.48. The summed E-state index contributed by atoms with van der Waals surface area (Å²) < 4.78 is 11.1. The Labute approximate surface area is 98.2 Å². The molecule has 1 fully saturated rings. The predicted molar refractivity (Wildman–Crippen MR) is 64.3 cm³/mol. The van der Waals surface area contributed by atoms with Gasteiger partial charge in [-0.05, 0) is 38.3 Å². The second kappa shape index (κ2) is 5.69. The molecule has 1 saturated heterocycles. The van der Waals surface area contributed by atoms with Crippen LogP contribution in [0.5, 0.6) is 0 Å². The number of nitrogens with one attached hydrogen (secondary N) is 1. The fraction of sp³-hybridized carbons (Fsp3) is 0.846. The van der Waals surface area contributed by atoms with E-state index in [1.54, 1.807) is 0 Å². The van der Waals surface area contributed by atoms with Crippen LogP contribution in [0.2, 0.25) is 0 Å². The molecule has 2 aliphatic heterocycles. The molecule has 0 aliphatic carbocycles. The Morgan fingerprint density at radius 2 is 2.38 bits per heavy atom. The van der Waals surface area contributed by atoms with Crippen LogP contribution in [0.3, 0.4) is 0 Å². The maximum atomic E-state index is 5.68. The number of rotatable bonds is 4. The van der Waals surface area contributed by atoms with E-state index in [1.807, 2.05) is 6.26 Å². The maximum absolute atomic E-state index is 5.68. The first-order chi connectivity index (χ1) is 7.83. The summed E-state index contributed by atoms with van der Waals surface area (Å²) >= 11 is 0. The average Bonchev–Trinajstić information content (AvgIpc) is 2.73. The average molecular weight is 225 g/mol. The fourth-order valence-corrected chi connectivity index (χ4v) is 2.78. The summed E-state index contributed by atoms with van der Waals surface area (Å²) in [5, 5.41) is 3.60. The van der Waals surface area contributed by atoms with E-state index in [-0.39, 0.29) is 0 Å². The molecule has 3 nitrogen and oxygen atoms in total. The van der Waals surface area contributed by atoms with Crippen LogP contribution in [0.4, 0.5) is 0 Å². The highest BCUT2D eigenvalue weighted by molar-refractivity contribution is 5.13. The van der Waals surface area contributed by atoms with Gasteiger partial charge in [0.1, 0.15) is 0 Å². The van der Waals surface area contributed by atoms with Gasteiger partial charge in [0.05, 0.1) is 19.0 Å². The largest absolute Gasteiger partial charge is 0.501 e. The van der Waals surface area contributed by atoms with Crippen LogP contribution in [0.1, 0.15) is 33.1 Å². The molecule has 0 radical (unpaired) electrons. The van der Waals surface area contributed by atoms with E-state index in [0.717, 1.165) is 32.6 Å². The molecule has 3 heteroatoms. The molecule has 0 amide bonds. The third-order valence-electron chi connectivity index (χ3n) is 3.65. The maximum Gasteiger partial charge on any atom is 0.0876 e. The van der Waals surface area contributed by atoms with Crippen LogP contribution in [-0.2, 0) is 9.47 Å². The monoisotopic (exact) mass is 225 g/mol. The molecule has 16 heavy (non-hydrogen) atoms. The minimum atomic E-state index is 0.367. The van der Waals surface area contributed by atoms with Crippen LogP contribution in [0.15, 0.2) is 11.8 Å². The van der Waals surface area contributed by atoms with Gasteiger partial charge in [0, 0.05) is 18.6 Å². The summed E-state index contributed by atoms with van der Waals surface area (Å²) in [4.78, 5) is 0. The molecule has 3 atom stereocenters. The number of hydrogen-bond acceptors (Lipinski definition) is 3. The molecule has 0 aromatic carbocycles. The van der Waals surface area contributed by atoms with E-state index in [4.69, 9.17) is 9.47 Å². The Balaban J connectivity index is 2.06. The fourth-order valence-electron chi connectivity index (χ4n) is 2.78. The van der Waals surface area contributed by atoms with Gasteiger partial charge in [-0.2, -0.15) is 0 Å². The standard InChI is InChI=1S/C13H23NO2/c1-3-14-13(11-5-4-7-15-9-11)12-6-8-16-10(12)2/h9-10,12-14H,3-8H2,1-2H3. The molecule has 3 unspecified atom stereocenters. The second-order valence-corrected chi connectivity index (χ2v) is 4.73. The Hall–Kier alpha value is -0.540.